The molecule has 0 amide bonds. The average molecular weight is 67.1 g/mol. The molecule has 1 heteroatoms. The maximum atomic E-state index is 9.51. The van der Waals surface area contributed by atoms with Crippen molar-refractivity contribution >= 4 is 5.78 Å². The molecule has 0 saturated carbocycles. The summed E-state index contributed by atoms with van der Waals surface area (Å²) in [6, 6.07) is 0. The molecule has 0 unspecified atom stereocenters. The summed E-state index contributed by atoms with van der Waals surface area (Å²) in [5.41, 5.74) is 0. The lowest BCUT2D eigenvalue weighted by atomic mass is 10.5. The van der Waals surface area contributed by atoms with Crippen molar-refractivity contribution in [1.29, 1.82) is 0 Å². The SMILES string of the molecule is [C]#CC(C)=O. The summed E-state index contributed by atoms with van der Waals surface area (Å²) >= 11 is 0. The molecule has 25 valence electrons. The Hall–Kier alpha value is -0.770. The Labute approximate surface area is 31.0 Å². The third-order valence-electron chi connectivity index (χ3n) is 0.176. The van der Waals surface area contributed by atoms with Gasteiger partial charge in [-0.05, 0) is 12.3 Å². The van der Waals surface area contributed by atoms with Crippen LogP contribution in [0.4, 0.5) is 0 Å². The summed E-state index contributed by atoms with van der Waals surface area (Å²) in [4.78, 5) is 9.51. The Kier molecular flexibility index (Phi) is 1.30. The van der Waals surface area contributed by atoms with Gasteiger partial charge in [-0.1, -0.05) is 0 Å². The van der Waals surface area contributed by atoms with Crippen molar-refractivity contribution in [3.8, 4) is 5.92 Å². The highest BCUT2D eigenvalue weighted by atomic mass is 16.1. The molecule has 0 aliphatic rings. The van der Waals surface area contributed by atoms with Gasteiger partial charge in [0.05, 0.1) is 0 Å². The minimum atomic E-state index is -0.329. The van der Waals surface area contributed by atoms with Crippen LogP contribution in [0, 0.1) is 12.3 Å². The number of hydrogen-bond donors (Lipinski definition) is 0. The van der Waals surface area contributed by atoms with Crippen LogP contribution >= 0.6 is 0 Å². The summed E-state index contributed by atoms with van der Waals surface area (Å²) in [5.74, 6) is 1.31. The van der Waals surface area contributed by atoms with Crippen molar-refractivity contribution in [3.63, 3.8) is 0 Å². The summed E-state index contributed by atoms with van der Waals surface area (Å²) in [6.07, 6.45) is 6.06. The molecule has 0 atom stereocenters. The van der Waals surface area contributed by atoms with Gasteiger partial charge in [0.15, 0.2) is 0 Å². The quantitative estimate of drug-likeness (QED) is 0.369. The molecule has 0 saturated heterocycles. The topological polar surface area (TPSA) is 17.1 Å². The van der Waals surface area contributed by atoms with Crippen LogP contribution in [0.2, 0.25) is 0 Å². The molecular weight excluding hydrogens is 64.0 g/mol. The van der Waals surface area contributed by atoms with Crippen molar-refractivity contribution in [2.24, 2.45) is 0 Å². The number of ketones is 1. The van der Waals surface area contributed by atoms with Gasteiger partial charge in [0.25, 0.3) is 0 Å². The van der Waals surface area contributed by atoms with Crippen LogP contribution in [0.5, 0.6) is 0 Å². The van der Waals surface area contributed by atoms with E-state index in [9.17, 15) is 4.79 Å². The molecule has 0 aliphatic carbocycles. The van der Waals surface area contributed by atoms with E-state index in [1.807, 2.05) is 0 Å². The zero-order valence-corrected chi connectivity index (χ0v) is 2.91. The molecule has 1 nitrogen and oxygen atoms in total. The molecule has 0 fully saturated rings. The van der Waals surface area contributed by atoms with Crippen LogP contribution in [0.3, 0.4) is 0 Å². The van der Waals surface area contributed by atoms with Crippen molar-refractivity contribution < 1.29 is 4.79 Å². The molecule has 0 rings (SSSR count). The maximum Gasteiger partial charge on any atom is 0.203 e. The predicted molar refractivity (Wildman–Crippen MR) is 17.8 cm³/mol. The van der Waals surface area contributed by atoms with E-state index in [1.165, 1.54) is 6.92 Å². The Morgan fingerprint density at radius 2 is 2.20 bits per heavy atom. The second-order valence-corrected chi connectivity index (χ2v) is 0.681. The van der Waals surface area contributed by atoms with E-state index < -0.39 is 0 Å². The minimum absolute atomic E-state index is 0.329. The third kappa shape index (κ3) is 3.23. The van der Waals surface area contributed by atoms with Crippen LogP contribution < -0.4 is 0 Å². The molecule has 0 bridgehead atoms. The molecule has 0 aliphatic heterocycles. The standard InChI is InChI=1S/C4H3O/c1-3-4(2)5/h2H3. The molecule has 0 aromatic rings. The van der Waals surface area contributed by atoms with E-state index in [0.717, 1.165) is 0 Å². The Morgan fingerprint density at radius 3 is 2.20 bits per heavy atom. The van der Waals surface area contributed by atoms with Crippen LogP contribution in [0.15, 0.2) is 0 Å². The van der Waals surface area contributed by atoms with Gasteiger partial charge in [-0.25, -0.2) is 0 Å². The maximum absolute atomic E-state index is 9.51. The van der Waals surface area contributed by atoms with Crippen LogP contribution in [-0.4, -0.2) is 5.78 Å². The second-order valence-electron chi connectivity index (χ2n) is 0.681. The van der Waals surface area contributed by atoms with Gasteiger partial charge in [-0.2, -0.15) is 0 Å². The fraction of sp³-hybridized carbons (Fsp3) is 0.250. The first-order chi connectivity index (χ1) is 2.27. The Balaban J connectivity index is 3.35. The monoisotopic (exact) mass is 67.0 g/mol. The van der Waals surface area contributed by atoms with Crippen molar-refractivity contribution in [2.45, 2.75) is 6.92 Å². The zero-order chi connectivity index (χ0) is 4.28. The van der Waals surface area contributed by atoms with E-state index in [-0.39, 0.29) is 5.78 Å². The van der Waals surface area contributed by atoms with E-state index >= 15 is 0 Å². The lowest BCUT2D eigenvalue weighted by Crippen LogP contribution is -1.75. The molecule has 0 spiro atoms. The second kappa shape index (κ2) is 1.54. The van der Waals surface area contributed by atoms with E-state index in [4.69, 9.17) is 6.42 Å². The molecule has 1 radical (unpaired) electrons. The highest BCUT2D eigenvalue weighted by Gasteiger charge is 1.70. The normalized spacial score (nSPS) is 5.60. The molecular formula is C4H3O. The highest BCUT2D eigenvalue weighted by molar-refractivity contribution is 5.91. The lowest BCUT2D eigenvalue weighted by Gasteiger charge is -1.57. The van der Waals surface area contributed by atoms with Crippen molar-refractivity contribution in [1.82, 2.24) is 0 Å². The van der Waals surface area contributed by atoms with Gasteiger partial charge in [-0.15, -0.1) is 0 Å². The van der Waals surface area contributed by atoms with E-state index in [1.54, 1.807) is 5.92 Å². The van der Waals surface area contributed by atoms with Crippen LogP contribution in [-0.2, 0) is 4.79 Å². The summed E-state index contributed by atoms with van der Waals surface area (Å²) in [5, 5.41) is 0. The summed E-state index contributed by atoms with van der Waals surface area (Å²) < 4.78 is 0. The minimum Gasteiger partial charge on any atom is -0.285 e. The molecule has 0 N–H and O–H groups in total. The molecule has 0 aromatic heterocycles. The Bertz CT molecular complexity index is 76.1. The van der Waals surface area contributed by atoms with Gasteiger partial charge in [0.2, 0.25) is 5.78 Å². The smallest absolute Gasteiger partial charge is 0.203 e. The third-order valence-corrected chi connectivity index (χ3v) is 0.176. The van der Waals surface area contributed by atoms with Crippen molar-refractivity contribution in [2.75, 3.05) is 0 Å². The molecule has 0 heterocycles. The fourth-order valence-electron chi connectivity index (χ4n) is 0. The van der Waals surface area contributed by atoms with Crippen molar-refractivity contribution in [3.05, 3.63) is 6.42 Å². The van der Waals surface area contributed by atoms with E-state index in [2.05, 4.69) is 0 Å². The number of hydrogen-bond acceptors (Lipinski definition) is 1. The van der Waals surface area contributed by atoms with Gasteiger partial charge < -0.3 is 0 Å². The van der Waals surface area contributed by atoms with Crippen LogP contribution in [0.1, 0.15) is 6.92 Å². The number of carbonyl (C=O) groups excluding carboxylic acids is 1. The highest BCUT2D eigenvalue weighted by Crippen LogP contribution is 1.52. The first kappa shape index (κ1) is 4.23. The summed E-state index contributed by atoms with van der Waals surface area (Å²) in [7, 11) is 0. The summed E-state index contributed by atoms with van der Waals surface area (Å²) in [6.45, 7) is 1.28. The van der Waals surface area contributed by atoms with Gasteiger partial charge >= 0.3 is 0 Å². The first-order valence-electron chi connectivity index (χ1n) is 1.20. The number of carbonyl (C=O) groups is 1. The van der Waals surface area contributed by atoms with Crippen LogP contribution in [0.25, 0.3) is 0 Å². The zero-order valence-electron chi connectivity index (χ0n) is 2.91. The van der Waals surface area contributed by atoms with Gasteiger partial charge in [0, 0.05) is 6.92 Å². The number of Topliss-reactive ketones (excluding diaryl/α,β-unsaturated/α-hetero) is 1. The first-order valence-corrected chi connectivity index (χ1v) is 1.20. The molecule has 5 heavy (non-hydrogen) atoms. The van der Waals surface area contributed by atoms with Gasteiger partial charge in [0.1, 0.15) is 0 Å². The van der Waals surface area contributed by atoms with E-state index in [0.29, 0.717) is 0 Å². The largest absolute Gasteiger partial charge is 0.285 e. The Morgan fingerprint density at radius 1 is 2.00 bits per heavy atom. The average Bonchev–Trinajstić information content (AvgIpc) is 1.38. The fourth-order valence-corrected chi connectivity index (χ4v) is 0. The van der Waals surface area contributed by atoms with Gasteiger partial charge in [-0.3, -0.25) is 4.79 Å². The lowest BCUT2D eigenvalue weighted by molar-refractivity contribution is -0.111. The number of rotatable bonds is 0. The predicted octanol–water partition coefficient (Wildman–Crippen LogP) is 0.165. The molecule has 0 aromatic carbocycles.